The van der Waals surface area contributed by atoms with Gasteiger partial charge in [-0.05, 0) is 125 Å². The van der Waals surface area contributed by atoms with Crippen LogP contribution in [0.25, 0.3) is 16.8 Å². The van der Waals surface area contributed by atoms with Gasteiger partial charge in [0.2, 0.25) is 0 Å². The van der Waals surface area contributed by atoms with Crippen LogP contribution >= 0.6 is 0 Å². The van der Waals surface area contributed by atoms with Gasteiger partial charge in [-0.2, -0.15) is 0 Å². The molecule has 4 fully saturated rings. The van der Waals surface area contributed by atoms with Gasteiger partial charge >= 0.3 is 5.97 Å². The number of aliphatic carboxylic acids is 1. The van der Waals surface area contributed by atoms with Crippen LogP contribution in [0.1, 0.15) is 105 Å². The van der Waals surface area contributed by atoms with Crippen molar-refractivity contribution in [2.24, 2.45) is 56.7 Å². The van der Waals surface area contributed by atoms with Crippen molar-refractivity contribution < 1.29 is 14.7 Å². The number of hydrogen-bond donors (Lipinski definition) is 1. The third-order valence-electron chi connectivity index (χ3n) is 15.2. The van der Waals surface area contributed by atoms with Crippen LogP contribution in [-0.2, 0) is 9.59 Å². The van der Waals surface area contributed by atoms with Gasteiger partial charge in [-0.1, -0.05) is 103 Å². The Labute approximate surface area is 264 Å². The van der Waals surface area contributed by atoms with Crippen LogP contribution in [0, 0.1) is 56.7 Å². The fourth-order valence-electron chi connectivity index (χ4n) is 12.4. The number of Topliss-reactive ketones (excluding diaryl/α,β-unsaturated/α-hetero) is 1. The maximum absolute atomic E-state index is 14.3. The summed E-state index contributed by atoms with van der Waals surface area (Å²) in [5, 5.41) is 13.1. The van der Waals surface area contributed by atoms with Crippen molar-refractivity contribution >= 4 is 28.6 Å². The van der Waals surface area contributed by atoms with Crippen molar-refractivity contribution in [2.75, 3.05) is 0 Å². The molecule has 0 amide bonds. The maximum atomic E-state index is 14.3. The van der Waals surface area contributed by atoms with E-state index in [1.54, 1.807) is 0 Å². The van der Waals surface area contributed by atoms with E-state index in [2.05, 4.69) is 103 Å². The first-order valence-electron chi connectivity index (χ1n) is 17.4. The van der Waals surface area contributed by atoms with Gasteiger partial charge in [0.05, 0.1) is 5.41 Å². The lowest BCUT2D eigenvalue weighted by Gasteiger charge is -2.70. The van der Waals surface area contributed by atoms with Crippen LogP contribution in [-0.4, -0.2) is 16.9 Å². The van der Waals surface area contributed by atoms with Crippen molar-refractivity contribution in [1.82, 2.24) is 0 Å². The first kappa shape index (κ1) is 30.0. The molecule has 234 valence electrons. The van der Waals surface area contributed by atoms with E-state index in [9.17, 15) is 14.7 Å². The second-order valence-electron chi connectivity index (χ2n) is 17.1. The molecule has 3 heteroatoms. The summed E-state index contributed by atoms with van der Waals surface area (Å²) in [5.74, 6) is 1.57. The average Bonchev–Trinajstić information content (AvgIpc) is 2.98. The number of carbonyl (C=O) groups excluding carboxylic acids is 1. The fourth-order valence-corrected chi connectivity index (χ4v) is 12.4. The number of rotatable bonds is 2. The summed E-state index contributed by atoms with van der Waals surface area (Å²) in [6, 6.07) is 14.9. The highest BCUT2D eigenvalue weighted by molar-refractivity contribution is 6.06. The Morgan fingerprint density at radius 1 is 0.886 bits per heavy atom. The molecular formula is C41H52O3. The molecule has 1 N–H and O–H groups in total. The van der Waals surface area contributed by atoms with Crippen LogP contribution < -0.4 is 0 Å². The molecule has 0 radical (unpaired) electrons. The number of benzene rings is 2. The van der Waals surface area contributed by atoms with E-state index in [1.807, 2.05) is 0 Å². The van der Waals surface area contributed by atoms with Crippen LogP contribution in [0.3, 0.4) is 0 Å². The van der Waals surface area contributed by atoms with E-state index < -0.39 is 16.8 Å². The van der Waals surface area contributed by atoms with E-state index in [4.69, 9.17) is 0 Å². The van der Waals surface area contributed by atoms with Gasteiger partial charge in [-0.25, -0.2) is 0 Å². The molecule has 3 nitrogen and oxygen atoms in total. The molecule has 2 aromatic carbocycles. The minimum absolute atomic E-state index is 0.0152. The zero-order valence-corrected chi connectivity index (χ0v) is 28.0. The van der Waals surface area contributed by atoms with Gasteiger partial charge in [0.25, 0.3) is 0 Å². The summed E-state index contributed by atoms with van der Waals surface area (Å²) in [6.45, 7) is 16.7. The molecule has 5 aliphatic carbocycles. The third kappa shape index (κ3) is 3.74. The van der Waals surface area contributed by atoms with Crippen LogP contribution in [0.2, 0.25) is 0 Å². The normalized spacial score (nSPS) is 43.8. The molecule has 0 aromatic heterocycles. The molecule has 9 atom stereocenters. The summed E-state index contributed by atoms with van der Waals surface area (Å²) in [7, 11) is 0. The van der Waals surface area contributed by atoms with Crippen LogP contribution in [0.4, 0.5) is 0 Å². The number of carboxylic acid groups (broad SMARTS) is 1. The van der Waals surface area contributed by atoms with Gasteiger partial charge in [0, 0.05) is 5.41 Å². The lowest BCUT2D eigenvalue weighted by Crippen LogP contribution is -2.65. The van der Waals surface area contributed by atoms with Crippen molar-refractivity contribution in [1.29, 1.82) is 0 Å². The summed E-state index contributed by atoms with van der Waals surface area (Å²) >= 11 is 0. The Morgan fingerprint density at radius 3 is 2.36 bits per heavy atom. The number of hydrogen-bond acceptors (Lipinski definition) is 2. The topological polar surface area (TPSA) is 54.4 Å². The smallest absolute Gasteiger partial charge is 0.310 e. The van der Waals surface area contributed by atoms with Gasteiger partial charge in [0.15, 0.2) is 5.78 Å². The van der Waals surface area contributed by atoms with Gasteiger partial charge < -0.3 is 5.11 Å². The molecule has 0 heterocycles. The monoisotopic (exact) mass is 592 g/mol. The lowest BCUT2D eigenvalue weighted by atomic mass is 9.33. The quantitative estimate of drug-likeness (QED) is 0.279. The molecule has 0 unspecified atom stereocenters. The Morgan fingerprint density at radius 2 is 1.61 bits per heavy atom. The number of allylic oxidation sites excluding steroid dienone is 3. The Bertz CT molecular complexity index is 1610. The van der Waals surface area contributed by atoms with Crippen molar-refractivity contribution in [3.05, 3.63) is 65.3 Å². The van der Waals surface area contributed by atoms with Crippen molar-refractivity contribution in [3.63, 3.8) is 0 Å². The number of ketones is 1. The SMILES string of the molecule is C[C@H]1[C@H](C)CC[C@]2(C(=O)O)CC[C@]3(C)C(=CC[C@@H]4[C@@]5(C)C/C(=C\c6cccc7ccccc67)C(=O)C(C)(C)[C@@H]5CC[C@]43C)[C@H]12. The largest absolute Gasteiger partial charge is 0.481 e. The number of carboxylic acids is 1. The fraction of sp³-hybridized carbons (Fsp3) is 0.610. The molecule has 0 saturated heterocycles. The van der Waals surface area contributed by atoms with Crippen molar-refractivity contribution in [2.45, 2.75) is 99.8 Å². The molecule has 0 bridgehead atoms. The predicted octanol–water partition coefficient (Wildman–Crippen LogP) is 10.1. The predicted molar refractivity (Wildman–Crippen MR) is 179 cm³/mol. The minimum atomic E-state index is -0.616. The Hall–Kier alpha value is -2.68. The molecular weight excluding hydrogens is 540 g/mol. The molecule has 0 aliphatic heterocycles. The lowest BCUT2D eigenvalue weighted by molar-refractivity contribution is -0.185. The summed E-state index contributed by atoms with van der Waals surface area (Å²) in [5.41, 5.74) is 2.58. The van der Waals surface area contributed by atoms with E-state index in [0.717, 1.165) is 62.5 Å². The Kier molecular flexibility index (Phi) is 6.59. The molecule has 2 aromatic rings. The second-order valence-corrected chi connectivity index (χ2v) is 17.1. The first-order valence-corrected chi connectivity index (χ1v) is 17.4. The molecule has 7 rings (SSSR count). The molecule has 44 heavy (non-hydrogen) atoms. The summed E-state index contributed by atoms with van der Waals surface area (Å²) in [6.07, 6.45) is 12.3. The highest BCUT2D eigenvalue weighted by Gasteiger charge is 2.70. The summed E-state index contributed by atoms with van der Waals surface area (Å²) < 4.78 is 0. The Balaban J connectivity index is 1.34. The number of fused-ring (bicyclic) bond motifs is 8. The van der Waals surface area contributed by atoms with E-state index in [0.29, 0.717) is 29.5 Å². The van der Waals surface area contributed by atoms with E-state index in [-0.39, 0.29) is 22.2 Å². The number of carbonyl (C=O) groups is 2. The third-order valence-corrected chi connectivity index (χ3v) is 15.2. The zero-order chi connectivity index (χ0) is 31.4. The summed E-state index contributed by atoms with van der Waals surface area (Å²) in [4.78, 5) is 27.4. The van der Waals surface area contributed by atoms with E-state index in [1.165, 1.54) is 16.3 Å². The molecule has 0 spiro atoms. The van der Waals surface area contributed by atoms with Crippen LogP contribution in [0.5, 0.6) is 0 Å². The molecule has 4 saturated carbocycles. The standard InChI is InChI=1S/C41H52O3/c1-25-17-20-41(36(43)44)22-21-39(6)31(34(41)26(25)2)15-16-33-38(5)24-29(23-28-13-10-12-27-11-8-9-14-30(27)28)35(42)37(3,4)32(38)18-19-40(33,39)7/h8-15,23,25-26,32-34H,16-22,24H2,1-7H3,(H,43,44)/b29-23+/t25-,26+,32+,33-,34+,38+,39-,40-,41+/m1/s1. The van der Waals surface area contributed by atoms with E-state index >= 15 is 0 Å². The average molecular weight is 593 g/mol. The van der Waals surface area contributed by atoms with Crippen molar-refractivity contribution in [3.8, 4) is 0 Å². The minimum Gasteiger partial charge on any atom is -0.481 e. The van der Waals surface area contributed by atoms with Crippen LogP contribution in [0.15, 0.2) is 59.7 Å². The van der Waals surface area contributed by atoms with Gasteiger partial charge in [0.1, 0.15) is 0 Å². The highest BCUT2D eigenvalue weighted by atomic mass is 16.4. The second kappa shape index (κ2) is 9.66. The maximum Gasteiger partial charge on any atom is 0.310 e. The van der Waals surface area contributed by atoms with Gasteiger partial charge in [-0.15, -0.1) is 0 Å². The molecule has 5 aliphatic rings. The first-order chi connectivity index (χ1) is 20.7. The highest BCUT2D eigenvalue weighted by Crippen LogP contribution is 2.75. The van der Waals surface area contributed by atoms with Gasteiger partial charge in [-0.3, -0.25) is 9.59 Å². The zero-order valence-electron chi connectivity index (χ0n) is 28.0.